The maximum atomic E-state index is 13.5. The van der Waals surface area contributed by atoms with E-state index in [4.69, 9.17) is 4.74 Å². The SMILES string of the molecule is COc1cc(C)c2c(c1)C(=O)c1c(O)cc(C)cc1[C@H](c1ccc(C)cc1)[C@H]2O. The highest BCUT2D eigenvalue weighted by atomic mass is 16.5. The number of aliphatic hydroxyl groups is 1. The van der Waals surface area contributed by atoms with Gasteiger partial charge in [0.15, 0.2) is 5.78 Å². The maximum Gasteiger partial charge on any atom is 0.197 e. The summed E-state index contributed by atoms with van der Waals surface area (Å²) < 4.78 is 5.35. The van der Waals surface area contributed by atoms with Gasteiger partial charge in [0.25, 0.3) is 0 Å². The van der Waals surface area contributed by atoms with Crippen LogP contribution in [-0.4, -0.2) is 23.1 Å². The number of hydrogen-bond donors (Lipinski definition) is 2. The molecule has 0 fully saturated rings. The molecule has 0 saturated carbocycles. The lowest BCUT2D eigenvalue weighted by Crippen LogP contribution is -2.14. The van der Waals surface area contributed by atoms with E-state index in [1.165, 1.54) is 0 Å². The van der Waals surface area contributed by atoms with Crippen LogP contribution in [0.5, 0.6) is 11.5 Å². The minimum absolute atomic E-state index is 0.0670. The van der Waals surface area contributed by atoms with Crippen LogP contribution in [0, 0.1) is 20.8 Å². The van der Waals surface area contributed by atoms with Crippen LogP contribution in [0.25, 0.3) is 0 Å². The summed E-state index contributed by atoms with van der Waals surface area (Å²) in [6, 6.07) is 14.9. The zero-order valence-corrected chi connectivity index (χ0v) is 17.0. The lowest BCUT2D eigenvalue weighted by atomic mass is 9.81. The molecular weight excluding hydrogens is 364 g/mol. The Morgan fingerprint density at radius 1 is 0.931 bits per heavy atom. The van der Waals surface area contributed by atoms with Crippen LogP contribution in [0.2, 0.25) is 0 Å². The van der Waals surface area contributed by atoms with Gasteiger partial charge in [-0.15, -0.1) is 0 Å². The zero-order valence-electron chi connectivity index (χ0n) is 17.0. The van der Waals surface area contributed by atoms with Gasteiger partial charge in [0.2, 0.25) is 0 Å². The number of phenolic OH excluding ortho intramolecular Hbond substituents is 1. The number of carbonyl (C=O) groups excluding carboxylic acids is 1. The number of rotatable bonds is 2. The molecule has 1 aliphatic rings. The predicted molar refractivity (Wildman–Crippen MR) is 112 cm³/mol. The second-order valence-corrected chi connectivity index (χ2v) is 7.82. The fraction of sp³-hybridized carbons (Fsp3) is 0.240. The first kappa shape index (κ1) is 19.2. The van der Waals surface area contributed by atoms with Crippen molar-refractivity contribution in [3.05, 3.63) is 93.0 Å². The van der Waals surface area contributed by atoms with Gasteiger partial charge in [-0.1, -0.05) is 35.9 Å². The average Bonchev–Trinajstić information content (AvgIpc) is 2.76. The second-order valence-electron chi connectivity index (χ2n) is 7.82. The van der Waals surface area contributed by atoms with E-state index in [0.29, 0.717) is 22.4 Å². The first-order chi connectivity index (χ1) is 13.8. The number of phenols is 1. The molecule has 0 bridgehead atoms. The molecule has 4 nitrogen and oxygen atoms in total. The Bertz CT molecular complexity index is 1110. The van der Waals surface area contributed by atoms with Gasteiger partial charge in [-0.2, -0.15) is 0 Å². The second kappa shape index (κ2) is 7.05. The first-order valence-electron chi connectivity index (χ1n) is 9.63. The topological polar surface area (TPSA) is 66.8 Å². The van der Waals surface area contributed by atoms with Crippen molar-refractivity contribution in [3.8, 4) is 11.5 Å². The number of benzene rings is 3. The number of methoxy groups -OCH3 is 1. The van der Waals surface area contributed by atoms with Crippen LogP contribution >= 0.6 is 0 Å². The number of hydrogen-bond acceptors (Lipinski definition) is 4. The Morgan fingerprint density at radius 3 is 2.28 bits per heavy atom. The molecule has 148 valence electrons. The van der Waals surface area contributed by atoms with Gasteiger partial charge < -0.3 is 14.9 Å². The fourth-order valence-electron chi connectivity index (χ4n) is 4.36. The molecule has 29 heavy (non-hydrogen) atoms. The fourth-order valence-corrected chi connectivity index (χ4v) is 4.36. The number of aryl methyl sites for hydroxylation is 3. The minimum Gasteiger partial charge on any atom is -0.507 e. The smallest absolute Gasteiger partial charge is 0.197 e. The van der Waals surface area contributed by atoms with Gasteiger partial charge in [0.05, 0.1) is 18.8 Å². The summed E-state index contributed by atoms with van der Waals surface area (Å²) >= 11 is 0. The summed E-state index contributed by atoms with van der Waals surface area (Å²) in [5.41, 5.74) is 5.44. The summed E-state index contributed by atoms with van der Waals surface area (Å²) in [4.78, 5) is 13.5. The van der Waals surface area contributed by atoms with Gasteiger partial charge >= 0.3 is 0 Å². The van der Waals surface area contributed by atoms with Crippen molar-refractivity contribution in [2.75, 3.05) is 7.11 Å². The first-order valence-corrected chi connectivity index (χ1v) is 9.63. The van der Waals surface area contributed by atoms with Crippen molar-refractivity contribution < 1.29 is 19.7 Å². The lowest BCUT2D eigenvalue weighted by Gasteiger charge is -2.26. The average molecular weight is 388 g/mol. The molecule has 0 aliphatic heterocycles. The standard InChI is InChI=1S/C25H24O4/c1-13-5-7-16(8-6-13)22-18-9-14(2)10-20(26)23(18)24(27)19-12-17(29-4)11-15(3)21(19)25(22)28/h5-12,22,25-26,28H,1-4H3/t22-,25-/m0/s1. The summed E-state index contributed by atoms with van der Waals surface area (Å²) in [5, 5.41) is 22.3. The Labute approximate surface area is 170 Å². The largest absolute Gasteiger partial charge is 0.507 e. The number of ether oxygens (including phenoxy) is 1. The number of aromatic hydroxyl groups is 1. The highest BCUT2D eigenvalue weighted by Gasteiger charge is 2.37. The number of ketones is 1. The van der Waals surface area contributed by atoms with Crippen LogP contribution in [0.15, 0.2) is 48.5 Å². The van der Waals surface area contributed by atoms with Crippen molar-refractivity contribution in [2.45, 2.75) is 32.8 Å². The highest BCUT2D eigenvalue weighted by molar-refractivity contribution is 6.13. The molecule has 2 N–H and O–H groups in total. The molecule has 3 aromatic rings. The molecule has 4 heteroatoms. The third-order valence-electron chi connectivity index (χ3n) is 5.74. The Hall–Kier alpha value is -3.11. The van der Waals surface area contributed by atoms with Crippen LogP contribution < -0.4 is 4.74 Å². The van der Waals surface area contributed by atoms with Gasteiger partial charge in [-0.05, 0) is 66.8 Å². The molecule has 1 aliphatic carbocycles. The molecule has 0 aromatic heterocycles. The molecular formula is C25H24O4. The minimum atomic E-state index is -0.940. The monoisotopic (exact) mass is 388 g/mol. The van der Waals surface area contributed by atoms with Gasteiger partial charge in [0.1, 0.15) is 11.5 Å². The van der Waals surface area contributed by atoms with Crippen molar-refractivity contribution in [2.24, 2.45) is 0 Å². The molecule has 2 atom stereocenters. The molecule has 0 spiro atoms. The molecule has 0 radical (unpaired) electrons. The third kappa shape index (κ3) is 3.10. The van der Waals surface area contributed by atoms with E-state index < -0.39 is 12.0 Å². The van der Waals surface area contributed by atoms with Crippen molar-refractivity contribution in [1.82, 2.24) is 0 Å². The van der Waals surface area contributed by atoms with Crippen molar-refractivity contribution >= 4 is 5.78 Å². The summed E-state index contributed by atoms with van der Waals surface area (Å²) in [6.07, 6.45) is -0.940. The third-order valence-corrected chi connectivity index (χ3v) is 5.74. The quantitative estimate of drug-likeness (QED) is 0.666. The molecule has 0 saturated heterocycles. The molecule has 3 aromatic carbocycles. The van der Waals surface area contributed by atoms with Crippen LogP contribution in [-0.2, 0) is 0 Å². The number of fused-ring (bicyclic) bond motifs is 2. The zero-order chi connectivity index (χ0) is 20.9. The maximum absolute atomic E-state index is 13.5. The van der Waals surface area contributed by atoms with E-state index in [2.05, 4.69) is 0 Å². The van der Waals surface area contributed by atoms with Crippen molar-refractivity contribution in [1.29, 1.82) is 0 Å². The van der Waals surface area contributed by atoms with Gasteiger partial charge in [0, 0.05) is 11.5 Å². The van der Waals surface area contributed by atoms with Crippen molar-refractivity contribution in [3.63, 3.8) is 0 Å². The van der Waals surface area contributed by atoms with Crippen LogP contribution in [0.3, 0.4) is 0 Å². The van der Waals surface area contributed by atoms with E-state index in [9.17, 15) is 15.0 Å². The van der Waals surface area contributed by atoms with E-state index in [0.717, 1.165) is 22.3 Å². The van der Waals surface area contributed by atoms with E-state index >= 15 is 0 Å². The van der Waals surface area contributed by atoms with E-state index in [1.807, 2.05) is 57.2 Å². The predicted octanol–water partition coefficient (Wildman–Crippen LogP) is 4.74. The molecule has 0 unspecified atom stereocenters. The molecule has 4 rings (SSSR count). The number of carbonyl (C=O) groups is 1. The summed E-state index contributed by atoms with van der Waals surface area (Å²) in [7, 11) is 1.54. The summed E-state index contributed by atoms with van der Waals surface area (Å²) in [6.45, 7) is 5.74. The summed E-state index contributed by atoms with van der Waals surface area (Å²) in [5.74, 6) is -0.303. The normalized spacial score (nSPS) is 18.0. The Morgan fingerprint density at radius 2 is 1.62 bits per heavy atom. The number of aliphatic hydroxyl groups excluding tert-OH is 1. The molecule has 0 amide bonds. The van der Waals surface area contributed by atoms with Gasteiger partial charge in [-0.3, -0.25) is 4.79 Å². The van der Waals surface area contributed by atoms with Crippen LogP contribution in [0.4, 0.5) is 0 Å². The Kier molecular flexibility index (Phi) is 4.67. The lowest BCUT2D eigenvalue weighted by molar-refractivity contribution is 0.103. The van der Waals surface area contributed by atoms with E-state index in [-0.39, 0.29) is 17.1 Å². The molecule has 0 heterocycles. The Balaban J connectivity index is 2.08. The highest BCUT2D eigenvalue weighted by Crippen LogP contribution is 2.47. The van der Waals surface area contributed by atoms with E-state index in [1.54, 1.807) is 19.2 Å². The van der Waals surface area contributed by atoms with Crippen LogP contribution in [0.1, 0.15) is 61.3 Å². The van der Waals surface area contributed by atoms with Gasteiger partial charge in [-0.25, -0.2) is 0 Å².